The summed E-state index contributed by atoms with van der Waals surface area (Å²) in [5.41, 5.74) is 1.64. The van der Waals surface area contributed by atoms with E-state index in [1.54, 1.807) is 18.3 Å². The van der Waals surface area contributed by atoms with Crippen molar-refractivity contribution in [2.75, 3.05) is 7.11 Å². The van der Waals surface area contributed by atoms with Crippen molar-refractivity contribution in [3.63, 3.8) is 0 Å². The van der Waals surface area contributed by atoms with Gasteiger partial charge in [0.1, 0.15) is 11.5 Å². The van der Waals surface area contributed by atoms with Crippen LogP contribution in [-0.2, 0) is 11.3 Å². The maximum atomic E-state index is 13.1. The SMILES string of the molecule is COc1ccccc1/C=C1\SC(=Nc2ccccc2)N(Cc2ccco2)C1=O. The molecular weight excluding hydrogens is 372 g/mol. The summed E-state index contributed by atoms with van der Waals surface area (Å²) in [6, 6.07) is 20.9. The van der Waals surface area contributed by atoms with Crippen molar-refractivity contribution in [1.82, 2.24) is 4.90 Å². The monoisotopic (exact) mass is 390 g/mol. The second kappa shape index (κ2) is 8.19. The second-order valence-corrected chi connectivity index (χ2v) is 7.06. The van der Waals surface area contributed by atoms with Gasteiger partial charge in [0.15, 0.2) is 5.17 Å². The van der Waals surface area contributed by atoms with Gasteiger partial charge in [-0.15, -0.1) is 0 Å². The minimum Gasteiger partial charge on any atom is -0.496 e. The first-order chi connectivity index (χ1) is 13.7. The number of para-hydroxylation sites is 2. The molecule has 2 aromatic carbocycles. The number of furan rings is 1. The molecule has 1 fully saturated rings. The summed E-state index contributed by atoms with van der Waals surface area (Å²) in [6.45, 7) is 0.327. The Labute approximate surface area is 167 Å². The van der Waals surface area contributed by atoms with Crippen LogP contribution in [0.2, 0.25) is 0 Å². The molecule has 1 aliphatic heterocycles. The number of carbonyl (C=O) groups is 1. The topological polar surface area (TPSA) is 55.0 Å². The fourth-order valence-corrected chi connectivity index (χ4v) is 3.82. The van der Waals surface area contributed by atoms with Crippen LogP contribution in [0.5, 0.6) is 5.75 Å². The number of hydrogen-bond acceptors (Lipinski definition) is 5. The van der Waals surface area contributed by atoms with Crippen LogP contribution < -0.4 is 4.74 Å². The highest BCUT2D eigenvalue weighted by Gasteiger charge is 2.34. The molecule has 28 heavy (non-hydrogen) atoms. The van der Waals surface area contributed by atoms with Gasteiger partial charge in [0.2, 0.25) is 0 Å². The van der Waals surface area contributed by atoms with E-state index in [-0.39, 0.29) is 5.91 Å². The summed E-state index contributed by atoms with van der Waals surface area (Å²) in [7, 11) is 1.62. The maximum Gasteiger partial charge on any atom is 0.267 e. The summed E-state index contributed by atoms with van der Waals surface area (Å²) in [6.07, 6.45) is 3.44. The number of nitrogens with zero attached hydrogens (tertiary/aromatic N) is 2. The van der Waals surface area contributed by atoms with E-state index < -0.39 is 0 Å². The Morgan fingerprint density at radius 2 is 1.86 bits per heavy atom. The molecule has 0 spiro atoms. The molecule has 0 N–H and O–H groups in total. The molecular formula is C22H18N2O3S. The average Bonchev–Trinajstić information content (AvgIpc) is 3.34. The lowest BCUT2D eigenvalue weighted by Gasteiger charge is -2.13. The van der Waals surface area contributed by atoms with Gasteiger partial charge in [-0.3, -0.25) is 9.69 Å². The largest absolute Gasteiger partial charge is 0.496 e. The van der Waals surface area contributed by atoms with Crippen molar-refractivity contribution >= 4 is 34.6 Å². The minimum atomic E-state index is -0.109. The van der Waals surface area contributed by atoms with E-state index in [1.165, 1.54) is 11.8 Å². The molecule has 0 unspecified atom stereocenters. The van der Waals surface area contributed by atoms with Crippen LogP contribution in [0.25, 0.3) is 6.08 Å². The number of ether oxygens (including phenoxy) is 1. The maximum absolute atomic E-state index is 13.1. The summed E-state index contributed by atoms with van der Waals surface area (Å²) in [5, 5.41) is 0.619. The third kappa shape index (κ3) is 3.87. The molecule has 1 aliphatic rings. The van der Waals surface area contributed by atoms with Crippen LogP contribution in [0.3, 0.4) is 0 Å². The van der Waals surface area contributed by atoms with Gasteiger partial charge in [-0.05, 0) is 48.2 Å². The third-order valence-corrected chi connectivity index (χ3v) is 5.20. The van der Waals surface area contributed by atoms with Crippen LogP contribution in [-0.4, -0.2) is 23.1 Å². The molecule has 1 amide bonds. The van der Waals surface area contributed by atoms with E-state index in [4.69, 9.17) is 9.15 Å². The van der Waals surface area contributed by atoms with Crippen molar-refractivity contribution in [3.05, 3.63) is 89.2 Å². The predicted molar refractivity (Wildman–Crippen MR) is 111 cm³/mol. The number of hydrogen-bond donors (Lipinski definition) is 0. The average molecular weight is 390 g/mol. The molecule has 0 radical (unpaired) electrons. The molecule has 1 aromatic heterocycles. The first kappa shape index (κ1) is 18.1. The highest BCUT2D eigenvalue weighted by molar-refractivity contribution is 8.18. The number of rotatable bonds is 5. The van der Waals surface area contributed by atoms with E-state index >= 15 is 0 Å². The molecule has 0 atom stereocenters. The van der Waals surface area contributed by atoms with Gasteiger partial charge in [-0.1, -0.05) is 36.4 Å². The fourth-order valence-electron chi connectivity index (χ4n) is 2.83. The fraction of sp³-hybridized carbons (Fsp3) is 0.0909. The Balaban J connectivity index is 1.71. The van der Waals surface area contributed by atoms with E-state index in [9.17, 15) is 4.79 Å². The Bertz CT molecular complexity index is 1030. The Morgan fingerprint density at radius 3 is 2.61 bits per heavy atom. The number of amides is 1. The van der Waals surface area contributed by atoms with Crippen molar-refractivity contribution in [2.45, 2.75) is 6.54 Å². The molecule has 140 valence electrons. The van der Waals surface area contributed by atoms with Gasteiger partial charge in [-0.2, -0.15) is 0 Å². The summed E-state index contributed by atoms with van der Waals surface area (Å²) >= 11 is 1.35. The lowest BCUT2D eigenvalue weighted by Crippen LogP contribution is -2.28. The van der Waals surface area contributed by atoms with Gasteiger partial charge in [0, 0.05) is 5.56 Å². The van der Waals surface area contributed by atoms with E-state index in [1.807, 2.05) is 72.8 Å². The molecule has 3 aromatic rings. The van der Waals surface area contributed by atoms with Gasteiger partial charge in [-0.25, -0.2) is 4.99 Å². The molecule has 0 bridgehead atoms. The van der Waals surface area contributed by atoms with E-state index in [2.05, 4.69) is 4.99 Å². The Hall–Kier alpha value is -3.25. The Kier molecular flexibility index (Phi) is 5.30. The zero-order chi connectivity index (χ0) is 19.3. The quantitative estimate of drug-likeness (QED) is 0.569. The summed E-state index contributed by atoms with van der Waals surface area (Å²) in [5.74, 6) is 1.31. The standard InChI is InChI=1S/C22H18N2O3S/c1-26-19-12-6-5-8-16(19)14-20-21(25)24(15-18-11-7-13-27-18)22(28-20)23-17-9-3-2-4-10-17/h2-14H,15H2,1H3/b20-14-,23-22?. The molecule has 0 aliphatic carbocycles. The number of amidine groups is 1. The molecule has 1 saturated heterocycles. The first-order valence-corrected chi connectivity index (χ1v) is 9.57. The highest BCUT2D eigenvalue weighted by Crippen LogP contribution is 2.36. The number of carbonyl (C=O) groups excluding carboxylic acids is 1. The highest BCUT2D eigenvalue weighted by atomic mass is 32.2. The number of aliphatic imine (C=N–C) groups is 1. The van der Waals surface area contributed by atoms with Gasteiger partial charge in [0.25, 0.3) is 5.91 Å². The van der Waals surface area contributed by atoms with Crippen LogP contribution in [0.4, 0.5) is 5.69 Å². The first-order valence-electron chi connectivity index (χ1n) is 8.75. The smallest absolute Gasteiger partial charge is 0.267 e. The van der Waals surface area contributed by atoms with Gasteiger partial charge in [0.05, 0.1) is 30.5 Å². The second-order valence-electron chi connectivity index (χ2n) is 6.05. The Morgan fingerprint density at radius 1 is 1.07 bits per heavy atom. The van der Waals surface area contributed by atoms with E-state index in [0.717, 1.165) is 17.0 Å². The normalized spacial score (nSPS) is 16.9. The third-order valence-electron chi connectivity index (χ3n) is 4.19. The van der Waals surface area contributed by atoms with Crippen molar-refractivity contribution in [1.29, 1.82) is 0 Å². The van der Waals surface area contributed by atoms with Crippen LogP contribution >= 0.6 is 11.8 Å². The number of benzene rings is 2. The zero-order valence-electron chi connectivity index (χ0n) is 15.2. The van der Waals surface area contributed by atoms with Crippen LogP contribution in [0, 0.1) is 0 Å². The minimum absolute atomic E-state index is 0.109. The molecule has 6 heteroatoms. The van der Waals surface area contributed by atoms with Gasteiger partial charge < -0.3 is 9.15 Å². The van der Waals surface area contributed by atoms with Crippen LogP contribution in [0.15, 0.2) is 87.3 Å². The number of methoxy groups -OCH3 is 1. The lowest BCUT2D eigenvalue weighted by molar-refractivity contribution is -0.122. The summed E-state index contributed by atoms with van der Waals surface area (Å²) in [4.78, 5) is 20.0. The predicted octanol–water partition coefficient (Wildman–Crippen LogP) is 5.09. The van der Waals surface area contributed by atoms with Crippen molar-refractivity contribution in [2.24, 2.45) is 4.99 Å². The zero-order valence-corrected chi connectivity index (χ0v) is 16.1. The van der Waals surface area contributed by atoms with Crippen molar-refractivity contribution in [3.8, 4) is 5.75 Å². The summed E-state index contributed by atoms with van der Waals surface area (Å²) < 4.78 is 10.8. The molecule has 2 heterocycles. The van der Waals surface area contributed by atoms with Gasteiger partial charge >= 0.3 is 0 Å². The molecule has 5 nitrogen and oxygen atoms in total. The lowest BCUT2D eigenvalue weighted by atomic mass is 10.2. The van der Waals surface area contributed by atoms with E-state index in [0.29, 0.717) is 22.4 Å². The molecule has 0 saturated carbocycles. The van der Waals surface area contributed by atoms with Crippen molar-refractivity contribution < 1.29 is 13.9 Å². The molecule has 4 rings (SSSR count). The number of thioether (sulfide) groups is 1. The van der Waals surface area contributed by atoms with Crippen LogP contribution in [0.1, 0.15) is 11.3 Å².